The lowest BCUT2D eigenvalue weighted by molar-refractivity contribution is 0.506. The van der Waals surface area contributed by atoms with Gasteiger partial charge in [0.25, 0.3) is 0 Å². The van der Waals surface area contributed by atoms with Crippen molar-refractivity contribution in [2.24, 2.45) is 4.99 Å². The molecule has 0 fully saturated rings. The molecule has 5 heteroatoms. The number of benzene rings is 1. The zero-order valence-corrected chi connectivity index (χ0v) is 11.4. The molecule has 1 heterocycles. The maximum Gasteiger partial charge on any atom is 0.191 e. The largest absolute Gasteiger partial charge is 0.469 e. The van der Waals surface area contributed by atoms with Gasteiger partial charge in [-0.15, -0.1) is 0 Å². The van der Waals surface area contributed by atoms with Crippen LogP contribution in [0.1, 0.15) is 11.3 Å². The van der Waals surface area contributed by atoms with Crippen molar-refractivity contribution in [2.45, 2.75) is 13.0 Å². The Balaban J connectivity index is 1.77. The van der Waals surface area contributed by atoms with Crippen LogP contribution >= 0.6 is 0 Å². The fraction of sp³-hybridized carbons (Fsp3) is 0.267. The lowest BCUT2D eigenvalue weighted by Gasteiger charge is -2.11. The Hall–Kier alpha value is -2.30. The van der Waals surface area contributed by atoms with E-state index in [0.717, 1.165) is 12.2 Å². The molecule has 0 amide bonds. The van der Waals surface area contributed by atoms with E-state index in [-0.39, 0.29) is 5.82 Å². The van der Waals surface area contributed by atoms with Gasteiger partial charge in [0.2, 0.25) is 0 Å². The molecule has 0 aliphatic rings. The maximum absolute atomic E-state index is 13.5. The number of nitrogens with zero attached hydrogens (tertiary/aromatic N) is 1. The first kappa shape index (κ1) is 14.1. The molecule has 2 N–H and O–H groups in total. The molecule has 1 aromatic heterocycles. The molecule has 0 spiro atoms. The summed E-state index contributed by atoms with van der Waals surface area (Å²) in [5, 5.41) is 6.23. The van der Waals surface area contributed by atoms with Crippen molar-refractivity contribution in [1.82, 2.24) is 10.6 Å². The molecule has 0 radical (unpaired) electrons. The van der Waals surface area contributed by atoms with E-state index in [0.29, 0.717) is 24.6 Å². The van der Waals surface area contributed by atoms with Gasteiger partial charge in [0, 0.05) is 32.1 Å². The molecule has 4 nitrogen and oxygen atoms in total. The van der Waals surface area contributed by atoms with Crippen molar-refractivity contribution < 1.29 is 8.81 Å². The van der Waals surface area contributed by atoms with E-state index in [1.54, 1.807) is 25.4 Å². The minimum atomic E-state index is -0.217. The van der Waals surface area contributed by atoms with E-state index < -0.39 is 0 Å². The molecular formula is C15H18FN3O. The number of halogens is 1. The number of aliphatic imine (C=N–C) groups is 1. The third kappa shape index (κ3) is 4.12. The molecule has 2 aromatic rings. The molecule has 1 aromatic carbocycles. The van der Waals surface area contributed by atoms with Gasteiger partial charge >= 0.3 is 0 Å². The van der Waals surface area contributed by atoms with Crippen LogP contribution in [0.4, 0.5) is 4.39 Å². The summed E-state index contributed by atoms with van der Waals surface area (Å²) in [7, 11) is 1.68. The zero-order chi connectivity index (χ0) is 14.2. The van der Waals surface area contributed by atoms with Crippen LogP contribution in [0, 0.1) is 5.82 Å². The second-order valence-corrected chi connectivity index (χ2v) is 4.27. The monoisotopic (exact) mass is 275 g/mol. The fourth-order valence-electron chi connectivity index (χ4n) is 1.80. The lowest BCUT2D eigenvalue weighted by Crippen LogP contribution is -2.38. The summed E-state index contributed by atoms with van der Waals surface area (Å²) in [6.45, 7) is 1.09. The second kappa shape index (κ2) is 7.33. The SMILES string of the molecule is CN=C(NCCc1ccco1)NCc1ccccc1F. The molecule has 0 saturated carbocycles. The van der Waals surface area contributed by atoms with Gasteiger partial charge in [0.05, 0.1) is 6.26 Å². The average Bonchev–Trinajstić information content (AvgIpc) is 2.97. The molecular weight excluding hydrogens is 257 g/mol. The summed E-state index contributed by atoms with van der Waals surface area (Å²) in [6, 6.07) is 10.5. The number of nitrogens with one attached hydrogen (secondary N) is 2. The highest BCUT2D eigenvalue weighted by Gasteiger charge is 2.02. The zero-order valence-electron chi connectivity index (χ0n) is 11.4. The number of hydrogen-bond donors (Lipinski definition) is 2. The highest BCUT2D eigenvalue weighted by Crippen LogP contribution is 2.05. The molecule has 106 valence electrons. The van der Waals surface area contributed by atoms with Crippen molar-refractivity contribution in [1.29, 1.82) is 0 Å². The summed E-state index contributed by atoms with van der Waals surface area (Å²) in [6.07, 6.45) is 2.42. The average molecular weight is 275 g/mol. The highest BCUT2D eigenvalue weighted by atomic mass is 19.1. The van der Waals surface area contributed by atoms with Crippen LogP contribution in [0.2, 0.25) is 0 Å². The van der Waals surface area contributed by atoms with E-state index in [2.05, 4.69) is 15.6 Å². The van der Waals surface area contributed by atoms with Crippen molar-refractivity contribution in [3.05, 3.63) is 59.8 Å². The number of rotatable bonds is 5. The minimum absolute atomic E-state index is 0.217. The van der Waals surface area contributed by atoms with Crippen LogP contribution in [0.25, 0.3) is 0 Å². The smallest absolute Gasteiger partial charge is 0.191 e. The Morgan fingerprint density at radius 1 is 1.20 bits per heavy atom. The molecule has 20 heavy (non-hydrogen) atoms. The predicted octanol–water partition coefficient (Wildman–Crippen LogP) is 2.33. The molecule has 0 aliphatic carbocycles. The first-order valence-corrected chi connectivity index (χ1v) is 6.50. The summed E-state index contributed by atoms with van der Waals surface area (Å²) in [4.78, 5) is 4.09. The first-order valence-electron chi connectivity index (χ1n) is 6.50. The minimum Gasteiger partial charge on any atom is -0.469 e. The Labute approximate surface area is 117 Å². The van der Waals surface area contributed by atoms with Crippen LogP contribution in [-0.4, -0.2) is 19.6 Å². The van der Waals surface area contributed by atoms with Gasteiger partial charge in [-0.1, -0.05) is 18.2 Å². The predicted molar refractivity (Wildman–Crippen MR) is 77.0 cm³/mol. The molecule has 0 atom stereocenters. The van der Waals surface area contributed by atoms with Crippen LogP contribution in [0.3, 0.4) is 0 Å². The third-order valence-corrected chi connectivity index (χ3v) is 2.87. The lowest BCUT2D eigenvalue weighted by atomic mass is 10.2. The molecule has 0 aliphatic heterocycles. The van der Waals surface area contributed by atoms with E-state index in [4.69, 9.17) is 4.42 Å². The second-order valence-electron chi connectivity index (χ2n) is 4.27. The molecule has 2 rings (SSSR count). The van der Waals surface area contributed by atoms with Gasteiger partial charge in [0.15, 0.2) is 5.96 Å². The standard InChI is InChI=1S/C15H18FN3O/c1-17-15(18-9-8-13-6-4-10-20-13)19-11-12-5-2-3-7-14(12)16/h2-7,10H,8-9,11H2,1H3,(H2,17,18,19). The summed E-state index contributed by atoms with van der Waals surface area (Å²) in [5.74, 6) is 1.34. The number of hydrogen-bond acceptors (Lipinski definition) is 2. The van der Waals surface area contributed by atoms with E-state index in [9.17, 15) is 4.39 Å². The van der Waals surface area contributed by atoms with Gasteiger partial charge in [-0.05, 0) is 18.2 Å². The van der Waals surface area contributed by atoms with Gasteiger partial charge in [0.1, 0.15) is 11.6 Å². The van der Waals surface area contributed by atoms with Crippen LogP contribution in [-0.2, 0) is 13.0 Å². The van der Waals surface area contributed by atoms with Gasteiger partial charge in [-0.25, -0.2) is 4.39 Å². The number of furan rings is 1. The third-order valence-electron chi connectivity index (χ3n) is 2.87. The normalized spacial score (nSPS) is 11.4. The molecule has 0 saturated heterocycles. The first-order chi connectivity index (χ1) is 9.79. The van der Waals surface area contributed by atoms with Gasteiger partial charge < -0.3 is 15.1 Å². The van der Waals surface area contributed by atoms with Crippen molar-refractivity contribution >= 4 is 5.96 Å². The van der Waals surface area contributed by atoms with Gasteiger partial charge in [-0.2, -0.15) is 0 Å². The maximum atomic E-state index is 13.5. The van der Waals surface area contributed by atoms with Crippen molar-refractivity contribution in [2.75, 3.05) is 13.6 Å². The van der Waals surface area contributed by atoms with Crippen LogP contribution < -0.4 is 10.6 Å². The van der Waals surface area contributed by atoms with Crippen molar-refractivity contribution in [3.8, 4) is 0 Å². The number of guanidine groups is 1. The molecule has 0 bridgehead atoms. The van der Waals surface area contributed by atoms with E-state index in [1.165, 1.54) is 6.07 Å². The summed E-state index contributed by atoms with van der Waals surface area (Å²) >= 11 is 0. The Morgan fingerprint density at radius 2 is 2.05 bits per heavy atom. The molecule has 0 unspecified atom stereocenters. The fourth-order valence-corrected chi connectivity index (χ4v) is 1.80. The van der Waals surface area contributed by atoms with E-state index >= 15 is 0 Å². The Kier molecular flexibility index (Phi) is 5.17. The summed E-state index contributed by atoms with van der Waals surface area (Å²) < 4.78 is 18.7. The summed E-state index contributed by atoms with van der Waals surface area (Å²) in [5.41, 5.74) is 0.612. The van der Waals surface area contributed by atoms with Crippen LogP contribution in [0.5, 0.6) is 0 Å². The Bertz CT molecular complexity index is 552. The van der Waals surface area contributed by atoms with E-state index in [1.807, 2.05) is 18.2 Å². The Morgan fingerprint density at radius 3 is 2.75 bits per heavy atom. The highest BCUT2D eigenvalue weighted by molar-refractivity contribution is 5.79. The van der Waals surface area contributed by atoms with Gasteiger partial charge in [-0.3, -0.25) is 4.99 Å². The van der Waals surface area contributed by atoms with Crippen LogP contribution in [0.15, 0.2) is 52.1 Å². The quantitative estimate of drug-likeness (QED) is 0.650. The van der Waals surface area contributed by atoms with Crippen molar-refractivity contribution in [3.63, 3.8) is 0 Å². The topological polar surface area (TPSA) is 49.6 Å².